The van der Waals surface area contributed by atoms with E-state index in [0.29, 0.717) is 5.70 Å². The van der Waals surface area contributed by atoms with Gasteiger partial charge in [-0.1, -0.05) is 128 Å². The molecule has 51 heavy (non-hydrogen) atoms. The Morgan fingerprint density at radius 2 is 1.53 bits per heavy atom. The van der Waals surface area contributed by atoms with Crippen LogP contribution in [0.4, 0.5) is 0 Å². The summed E-state index contributed by atoms with van der Waals surface area (Å²) in [7, 11) is 0. The van der Waals surface area contributed by atoms with Gasteiger partial charge in [0.1, 0.15) is 5.57 Å². The van der Waals surface area contributed by atoms with Gasteiger partial charge in [-0.15, -0.1) is 0 Å². The number of aliphatic imine (C=N–C) groups is 1. The summed E-state index contributed by atoms with van der Waals surface area (Å²) in [6, 6.07) is 35.5. The first-order valence-corrected chi connectivity index (χ1v) is 17.6. The highest BCUT2D eigenvalue weighted by Crippen LogP contribution is 2.30. The quantitative estimate of drug-likeness (QED) is 0.0904. The van der Waals surface area contributed by atoms with Crippen LogP contribution < -0.4 is 5.32 Å². The van der Waals surface area contributed by atoms with E-state index in [9.17, 15) is 14.4 Å². The highest BCUT2D eigenvalue weighted by Gasteiger charge is 2.35. The number of amidine groups is 1. The molecule has 0 saturated carbocycles. The van der Waals surface area contributed by atoms with E-state index < -0.39 is 11.8 Å². The number of amides is 3. The maximum atomic E-state index is 14.3. The second-order valence-corrected chi connectivity index (χ2v) is 13.0. The van der Waals surface area contributed by atoms with E-state index in [1.807, 2.05) is 92.7 Å². The van der Waals surface area contributed by atoms with Crippen LogP contribution in [0.3, 0.4) is 0 Å². The Kier molecular flexibility index (Phi) is 10.7. The van der Waals surface area contributed by atoms with Crippen molar-refractivity contribution in [3.05, 3.63) is 179 Å². The number of fused-ring (bicyclic) bond motifs is 1. The third-order valence-electron chi connectivity index (χ3n) is 8.67. The number of carbonyl (C=O) groups is 3. The van der Waals surface area contributed by atoms with E-state index in [4.69, 9.17) is 0 Å². The molecule has 1 aliphatic heterocycles. The summed E-state index contributed by atoms with van der Waals surface area (Å²) in [4.78, 5) is 47.1. The van der Waals surface area contributed by atoms with Gasteiger partial charge in [0, 0.05) is 22.8 Å². The number of benzene rings is 4. The first-order chi connectivity index (χ1) is 24.8. The van der Waals surface area contributed by atoms with Crippen molar-refractivity contribution in [2.75, 3.05) is 5.75 Å². The molecule has 0 aliphatic carbocycles. The molecule has 1 aliphatic rings. The molecule has 2 heterocycles. The van der Waals surface area contributed by atoms with Gasteiger partial charge in [-0.25, -0.2) is 0 Å². The van der Waals surface area contributed by atoms with Crippen molar-refractivity contribution in [2.45, 2.75) is 26.8 Å². The lowest BCUT2D eigenvalue weighted by Crippen LogP contribution is -2.42. The van der Waals surface area contributed by atoms with Gasteiger partial charge >= 0.3 is 0 Å². The van der Waals surface area contributed by atoms with Crippen molar-refractivity contribution >= 4 is 51.5 Å². The molecular weight excluding hydrogens is 653 g/mol. The summed E-state index contributed by atoms with van der Waals surface area (Å²) in [6.07, 6.45) is 8.41. The fourth-order valence-corrected chi connectivity index (χ4v) is 7.00. The van der Waals surface area contributed by atoms with E-state index in [1.165, 1.54) is 4.90 Å². The SMILES string of the molecule is C=C/C=C\C(=C/C)N1C(=O)/C(=C/c2cc(C)n(-c3ccc4ccccc4c3)c2C)C(=O)N=C1SCC(=O)NC(c1ccccc1)c1ccccc1. The zero-order valence-corrected chi connectivity index (χ0v) is 29.6. The summed E-state index contributed by atoms with van der Waals surface area (Å²) in [5, 5.41) is 5.51. The normalized spacial score (nSPS) is 14.5. The predicted molar refractivity (Wildman–Crippen MR) is 208 cm³/mol. The lowest BCUT2D eigenvalue weighted by molar-refractivity contribution is -0.126. The van der Waals surface area contributed by atoms with E-state index in [0.717, 1.165) is 56.3 Å². The summed E-state index contributed by atoms with van der Waals surface area (Å²) in [5.41, 5.74) is 5.86. The van der Waals surface area contributed by atoms with Crippen LogP contribution in [0.5, 0.6) is 0 Å². The van der Waals surface area contributed by atoms with Crippen LogP contribution in [0.2, 0.25) is 0 Å². The van der Waals surface area contributed by atoms with Crippen molar-refractivity contribution in [2.24, 2.45) is 4.99 Å². The van der Waals surface area contributed by atoms with Crippen molar-refractivity contribution in [3.8, 4) is 5.69 Å². The molecule has 0 fully saturated rings. The third kappa shape index (κ3) is 7.61. The minimum absolute atomic E-state index is 0.0675. The molecule has 3 amide bonds. The maximum absolute atomic E-state index is 14.3. The maximum Gasteiger partial charge on any atom is 0.285 e. The minimum atomic E-state index is -0.663. The van der Waals surface area contributed by atoms with Gasteiger partial charge in [0.2, 0.25) is 5.91 Å². The molecule has 1 aromatic heterocycles. The lowest BCUT2D eigenvalue weighted by atomic mass is 9.99. The fraction of sp³-hybridized carbons (Fsp3) is 0.116. The number of aromatic nitrogens is 1. The predicted octanol–water partition coefficient (Wildman–Crippen LogP) is 8.64. The second-order valence-electron chi connectivity index (χ2n) is 12.0. The number of hydrogen-bond donors (Lipinski definition) is 1. The first-order valence-electron chi connectivity index (χ1n) is 16.6. The molecule has 6 rings (SSSR count). The molecule has 7 nitrogen and oxygen atoms in total. The molecule has 5 aromatic rings. The molecule has 0 unspecified atom stereocenters. The van der Waals surface area contributed by atoms with Gasteiger partial charge in [-0.2, -0.15) is 4.99 Å². The lowest BCUT2D eigenvalue weighted by Gasteiger charge is -2.28. The Hall–Kier alpha value is -5.99. The Morgan fingerprint density at radius 1 is 0.882 bits per heavy atom. The van der Waals surface area contributed by atoms with Crippen LogP contribution >= 0.6 is 11.8 Å². The molecule has 0 spiro atoms. The molecule has 0 saturated heterocycles. The second kappa shape index (κ2) is 15.7. The zero-order valence-electron chi connectivity index (χ0n) is 28.7. The van der Waals surface area contributed by atoms with Gasteiger partial charge in [0.25, 0.3) is 11.8 Å². The molecule has 4 aromatic carbocycles. The Labute approximate surface area is 302 Å². The van der Waals surface area contributed by atoms with Crippen LogP contribution in [0, 0.1) is 13.8 Å². The largest absolute Gasteiger partial charge is 0.344 e. The van der Waals surface area contributed by atoms with Crippen molar-refractivity contribution < 1.29 is 14.4 Å². The minimum Gasteiger partial charge on any atom is -0.344 e. The molecule has 254 valence electrons. The van der Waals surface area contributed by atoms with Gasteiger partial charge in [-0.05, 0) is 78.6 Å². The number of nitrogens with one attached hydrogen (secondary N) is 1. The first kappa shape index (κ1) is 34.9. The zero-order chi connectivity index (χ0) is 35.9. The van der Waals surface area contributed by atoms with Crippen LogP contribution in [-0.2, 0) is 14.4 Å². The fourth-order valence-electron chi connectivity index (χ4n) is 6.20. The van der Waals surface area contributed by atoms with E-state index in [-0.39, 0.29) is 28.4 Å². The van der Waals surface area contributed by atoms with E-state index in [1.54, 1.807) is 37.3 Å². The smallest absolute Gasteiger partial charge is 0.285 e. The van der Waals surface area contributed by atoms with Crippen molar-refractivity contribution in [1.29, 1.82) is 0 Å². The number of allylic oxidation sites excluding steroid dienone is 4. The van der Waals surface area contributed by atoms with Gasteiger partial charge < -0.3 is 9.88 Å². The van der Waals surface area contributed by atoms with Crippen LogP contribution in [-0.4, -0.2) is 38.1 Å². The van der Waals surface area contributed by atoms with Crippen LogP contribution in [0.15, 0.2) is 156 Å². The monoisotopic (exact) mass is 690 g/mol. The number of carbonyl (C=O) groups excluding carboxylic acids is 3. The van der Waals surface area contributed by atoms with Crippen LogP contribution in [0.25, 0.3) is 22.5 Å². The standard InChI is InChI=1S/C43H38N4O3S/c1-5-7-22-36(6-2)47-42(50)38(27-35-25-29(3)46(30(35)4)37-24-23-31-16-14-15-21-34(31)26-37)41(49)45-43(47)51-28-39(48)44-40(32-17-10-8-11-18-32)33-19-12-9-13-20-33/h5-27,40H,1,28H2,2-4H3,(H,44,48)/b22-7-,36-6+,38-27+. The third-order valence-corrected chi connectivity index (χ3v) is 9.61. The summed E-state index contributed by atoms with van der Waals surface area (Å²) in [6.45, 7) is 9.52. The van der Waals surface area contributed by atoms with E-state index in [2.05, 4.69) is 51.8 Å². The van der Waals surface area contributed by atoms with Crippen molar-refractivity contribution in [3.63, 3.8) is 0 Å². The van der Waals surface area contributed by atoms with Gasteiger partial charge in [-0.3, -0.25) is 19.3 Å². The number of thioether (sulfide) groups is 1. The molecule has 0 radical (unpaired) electrons. The topological polar surface area (TPSA) is 83.8 Å². The molecule has 8 heteroatoms. The summed E-state index contributed by atoms with van der Waals surface area (Å²) in [5.74, 6) is -1.53. The molecule has 0 bridgehead atoms. The number of hydrogen-bond acceptors (Lipinski definition) is 4. The number of nitrogens with zero attached hydrogens (tertiary/aromatic N) is 3. The van der Waals surface area contributed by atoms with Gasteiger partial charge in [0.15, 0.2) is 5.17 Å². The highest BCUT2D eigenvalue weighted by molar-refractivity contribution is 8.14. The number of aryl methyl sites for hydroxylation is 1. The highest BCUT2D eigenvalue weighted by atomic mass is 32.2. The van der Waals surface area contributed by atoms with E-state index >= 15 is 0 Å². The summed E-state index contributed by atoms with van der Waals surface area (Å²) >= 11 is 1.04. The average Bonchev–Trinajstić information content (AvgIpc) is 3.44. The average molecular weight is 691 g/mol. The van der Waals surface area contributed by atoms with Crippen molar-refractivity contribution in [1.82, 2.24) is 14.8 Å². The summed E-state index contributed by atoms with van der Waals surface area (Å²) < 4.78 is 2.11. The Bertz CT molecular complexity index is 2210. The molecule has 0 atom stereocenters. The molecular formula is C43H38N4O3S. The number of rotatable bonds is 10. The Balaban J connectivity index is 1.30. The molecule has 1 N–H and O–H groups in total. The Morgan fingerprint density at radius 3 is 2.18 bits per heavy atom. The van der Waals surface area contributed by atoms with Crippen LogP contribution in [0.1, 0.15) is 41.0 Å². The van der Waals surface area contributed by atoms with Gasteiger partial charge in [0.05, 0.1) is 11.8 Å².